The van der Waals surface area contributed by atoms with Crippen LogP contribution in [0.4, 0.5) is 0 Å². The van der Waals surface area contributed by atoms with Crippen molar-refractivity contribution in [2.24, 2.45) is 0 Å². The molecule has 5 heteroatoms. The van der Waals surface area contributed by atoms with E-state index in [1.54, 1.807) is 19.2 Å². The molecular formula is C14H15ClN2O2. The fourth-order valence-corrected chi connectivity index (χ4v) is 1.97. The monoisotopic (exact) mass is 278 g/mol. The third-order valence-electron chi connectivity index (χ3n) is 2.71. The first kappa shape index (κ1) is 13.6. The third kappa shape index (κ3) is 3.59. The molecule has 0 radical (unpaired) electrons. The zero-order chi connectivity index (χ0) is 13.7. The minimum Gasteiger partial charge on any atom is -0.506 e. The van der Waals surface area contributed by atoms with Crippen LogP contribution < -0.4 is 10.1 Å². The van der Waals surface area contributed by atoms with E-state index in [2.05, 4.69) is 10.3 Å². The number of hydrogen-bond acceptors (Lipinski definition) is 4. The second kappa shape index (κ2) is 6.41. The summed E-state index contributed by atoms with van der Waals surface area (Å²) in [4.78, 5) is 4.10. The van der Waals surface area contributed by atoms with Crippen LogP contribution in [0.3, 0.4) is 0 Å². The lowest BCUT2D eigenvalue weighted by Crippen LogP contribution is -2.14. The van der Waals surface area contributed by atoms with Crippen molar-refractivity contribution in [2.75, 3.05) is 7.11 Å². The van der Waals surface area contributed by atoms with Crippen molar-refractivity contribution < 1.29 is 9.84 Å². The number of nitrogens with zero attached hydrogens (tertiary/aromatic N) is 1. The highest BCUT2D eigenvalue weighted by atomic mass is 35.5. The Bertz CT molecular complexity index is 544. The Balaban J connectivity index is 1.97. The van der Waals surface area contributed by atoms with Crippen LogP contribution in [0.25, 0.3) is 0 Å². The first-order valence-corrected chi connectivity index (χ1v) is 6.24. The van der Waals surface area contributed by atoms with E-state index in [-0.39, 0.29) is 5.75 Å². The molecule has 0 unspecified atom stereocenters. The summed E-state index contributed by atoms with van der Waals surface area (Å²) in [5.41, 5.74) is 1.77. The largest absolute Gasteiger partial charge is 0.506 e. The summed E-state index contributed by atoms with van der Waals surface area (Å²) >= 11 is 6.14. The summed E-state index contributed by atoms with van der Waals surface area (Å²) in [6, 6.07) is 8.94. The van der Waals surface area contributed by atoms with E-state index in [9.17, 15) is 0 Å². The summed E-state index contributed by atoms with van der Waals surface area (Å²) in [6.07, 6.45) is 1.42. The van der Waals surface area contributed by atoms with Gasteiger partial charge in [0.05, 0.1) is 19.0 Å². The van der Waals surface area contributed by atoms with Crippen molar-refractivity contribution in [2.45, 2.75) is 13.1 Å². The second-order valence-electron chi connectivity index (χ2n) is 4.03. The molecule has 1 aromatic heterocycles. The smallest absolute Gasteiger partial charge is 0.133 e. The highest BCUT2D eigenvalue weighted by Gasteiger charge is 2.07. The van der Waals surface area contributed by atoms with E-state index in [1.165, 1.54) is 6.20 Å². The van der Waals surface area contributed by atoms with Crippen LogP contribution in [0.15, 0.2) is 36.5 Å². The molecule has 0 aliphatic rings. The van der Waals surface area contributed by atoms with Crippen molar-refractivity contribution in [3.8, 4) is 11.5 Å². The Labute approximate surface area is 117 Å². The molecule has 19 heavy (non-hydrogen) atoms. The number of nitrogens with one attached hydrogen (secondary N) is 1. The van der Waals surface area contributed by atoms with Gasteiger partial charge in [0.1, 0.15) is 11.5 Å². The summed E-state index contributed by atoms with van der Waals surface area (Å²) in [7, 11) is 1.62. The Kier molecular flexibility index (Phi) is 4.60. The van der Waals surface area contributed by atoms with Gasteiger partial charge in [-0.05, 0) is 24.3 Å². The van der Waals surface area contributed by atoms with Crippen LogP contribution in [-0.2, 0) is 13.1 Å². The fraction of sp³-hybridized carbons (Fsp3) is 0.214. The second-order valence-corrected chi connectivity index (χ2v) is 4.44. The standard InChI is InChI=1S/C14H15ClN2O2/c1-19-14-4-2-3-13(15)12(14)9-16-7-10-5-6-11(18)8-17-10/h2-6,8,16,18H,7,9H2,1H3. The lowest BCUT2D eigenvalue weighted by Gasteiger charge is -2.11. The third-order valence-corrected chi connectivity index (χ3v) is 3.07. The molecule has 0 amide bonds. The Morgan fingerprint density at radius 3 is 2.79 bits per heavy atom. The number of hydrogen-bond donors (Lipinski definition) is 2. The minimum atomic E-state index is 0.163. The van der Waals surface area contributed by atoms with Crippen LogP contribution in [0.5, 0.6) is 11.5 Å². The molecule has 100 valence electrons. The highest BCUT2D eigenvalue weighted by molar-refractivity contribution is 6.31. The number of aromatic nitrogens is 1. The average Bonchev–Trinajstić information content (AvgIpc) is 2.42. The molecule has 0 atom stereocenters. The van der Waals surface area contributed by atoms with Crippen LogP contribution in [0.2, 0.25) is 5.02 Å². The topological polar surface area (TPSA) is 54.4 Å². The predicted octanol–water partition coefficient (Wildman–Crippen LogP) is 2.74. The van der Waals surface area contributed by atoms with Gasteiger partial charge in [0.2, 0.25) is 0 Å². The lowest BCUT2D eigenvalue weighted by molar-refractivity contribution is 0.407. The quantitative estimate of drug-likeness (QED) is 0.883. The Morgan fingerprint density at radius 1 is 1.26 bits per heavy atom. The highest BCUT2D eigenvalue weighted by Crippen LogP contribution is 2.25. The molecule has 2 rings (SSSR count). The zero-order valence-electron chi connectivity index (χ0n) is 10.6. The van der Waals surface area contributed by atoms with Gasteiger partial charge < -0.3 is 15.2 Å². The summed E-state index contributed by atoms with van der Waals surface area (Å²) < 4.78 is 5.27. The number of pyridine rings is 1. The zero-order valence-corrected chi connectivity index (χ0v) is 11.3. The minimum absolute atomic E-state index is 0.163. The predicted molar refractivity (Wildman–Crippen MR) is 74.4 cm³/mol. The van der Waals surface area contributed by atoms with Gasteiger partial charge in [-0.2, -0.15) is 0 Å². The number of halogens is 1. The van der Waals surface area contributed by atoms with Crippen molar-refractivity contribution in [3.05, 3.63) is 52.8 Å². The van der Waals surface area contributed by atoms with Crippen LogP contribution in [-0.4, -0.2) is 17.2 Å². The van der Waals surface area contributed by atoms with Gasteiger partial charge in [-0.15, -0.1) is 0 Å². The molecule has 1 aromatic carbocycles. The molecule has 0 spiro atoms. The number of rotatable bonds is 5. The summed E-state index contributed by atoms with van der Waals surface area (Å²) in [6.45, 7) is 1.18. The Hall–Kier alpha value is -1.78. The van der Waals surface area contributed by atoms with E-state index < -0.39 is 0 Å². The van der Waals surface area contributed by atoms with E-state index in [1.807, 2.05) is 18.2 Å². The molecule has 0 aliphatic heterocycles. The summed E-state index contributed by atoms with van der Waals surface area (Å²) in [5.74, 6) is 0.926. The molecule has 4 nitrogen and oxygen atoms in total. The van der Waals surface area contributed by atoms with Crippen molar-refractivity contribution >= 4 is 11.6 Å². The summed E-state index contributed by atoms with van der Waals surface area (Å²) in [5, 5.41) is 13.1. The fourth-order valence-electron chi connectivity index (χ4n) is 1.74. The molecule has 0 aliphatic carbocycles. The number of ether oxygens (including phenoxy) is 1. The van der Waals surface area contributed by atoms with Gasteiger partial charge in [-0.25, -0.2) is 0 Å². The number of methoxy groups -OCH3 is 1. The van der Waals surface area contributed by atoms with Gasteiger partial charge in [-0.1, -0.05) is 17.7 Å². The number of aromatic hydroxyl groups is 1. The van der Waals surface area contributed by atoms with Gasteiger partial charge in [0.25, 0.3) is 0 Å². The molecule has 0 bridgehead atoms. The normalized spacial score (nSPS) is 10.4. The molecule has 0 saturated heterocycles. The van der Waals surface area contributed by atoms with Crippen LogP contribution >= 0.6 is 11.6 Å². The van der Waals surface area contributed by atoms with Gasteiger partial charge in [0, 0.05) is 23.7 Å². The van der Waals surface area contributed by atoms with E-state index in [0.29, 0.717) is 18.1 Å². The maximum Gasteiger partial charge on any atom is 0.133 e. The van der Waals surface area contributed by atoms with Gasteiger partial charge in [0.15, 0.2) is 0 Å². The van der Waals surface area contributed by atoms with Crippen molar-refractivity contribution in [1.29, 1.82) is 0 Å². The maximum atomic E-state index is 9.15. The van der Waals surface area contributed by atoms with Crippen molar-refractivity contribution in [3.63, 3.8) is 0 Å². The SMILES string of the molecule is COc1cccc(Cl)c1CNCc1ccc(O)cn1. The van der Waals surface area contributed by atoms with Crippen molar-refractivity contribution in [1.82, 2.24) is 10.3 Å². The van der Waals surface area contributed by atoms with Crippen LogP contribution in [0, 0.1) is 0 Å². The molecular weight excluding hydrogens is 264 g/mol. The first-order chi connectivity index (χ1) is 9.20. The molecule has 0 fully saturated rings. The first-order valence-electron chi connectivity index (χ1n) is 5.86. The van der Waals surface area contributed by atoms with E-state index in [0.717, 1.165) is 17.0 Å². The number of benzene rings is 1. The molecule has 1 heterocycles. The lowest BCUT2D eigenvalue weighted by atomic mass is 10.2. The maximum absolute atomic E-state index is 9.15. The molecule has 2 aromatic rings. The van der Waals surface area contributed by atoms with Gasteiger partial charge in [-0.3, -0.25) is 4.98 Å². The molecule has 0 saturated carbocycles. The molecule has 2 N–H and O–H groups in total. The van der Waals surface area contributed by atoms with E-state index >= 15 is 0 Å². The van der Waals surface area contributed by atoms with Gasteiger partial charge >= 0.3 is 0 Å². The Morgan fingerprint density at radius 2 is 2.11 bits per heavy atom. The van der Waals surface area contributed by atoms with E-state index in [4.69, 9.17) is 21.4 Å². The average molecular weight is 279 g/mol. The van der Waals surface area contributed by atoms with Crippen LogP contribution in [0.1, 0.15) is 11.3 Å².